The van der Waals surface area contributed by atoms with E-state index >= 15 is 0 Å². The molecule has 2 aromatic rings. The second-order valence-corrected chi connectivity index (χ2v) is 3.75. The van der Waals surface area contributed by atoms with Gasteiger partial charge in [0.2, 0.25) is 5.82 Å². The van der Waals surface area contributed by atoms with Crippen LogP contribution in [0.15, 0.2) is 36.5 Å². The van der Waals surface area contributed by atoms with Gasteiger partial charge in [0, 0.05) is 12.3 Å². The minimum atomic E-state index is -1.26. The molecule has 0 aliphatic carbocycles. The lowest BCUT2D eigenvalue weighted by molar-refractivity contribution is -0.384. The molecule has 0 aliphatic rings. The summed E-state index contributed by atoms with van der Waals surface area (Å²) in [5.41, 5.74) is -0.630. The summed E-state index contributed by atoms with van der Waals surface area (Å²) in [6.45, 7) is 0. The van der Waals surface area contributed by atoms with Crippen LogP contribution in [0.5, 0.6) is 0 Å². The van der Waals surface area contributed by atoms with Gasteiger partial charge < -0.3 is 10.4 Å². The summed E-state index contributed by atoms with van der Waals surface area (Å²) < 4.78 is 13.7. The first-order valence-corrected chi connectivity index (χ1v) is 5.38. The lowest BCUT2D eigenvalue weighted by atomic mass is 10.2. The molecule has 0 saturated heterocycles. The summed E-state index contributed by atoms with van der Waals surface area (Å²) in [6, 6.07) is 5.78. The molecule has 0 amide bonds. The van der Waals surface area contributed by atoms with Gasteiger partial charge in [0.05, 0.1) is 16.2 Å². The van der Waals surface area contributed by atoms with Crippen molar-refractivity contribution in [1.29, 1.82) is 0 Å². The number of nitrogens with zero attached hydrogens (tertiary/aromatic N) is 2. The molecule has 0 spiro atoms. The molecular weight excluding hydrogens is 269 g/mol. The topological polar surface area (TPSA) is 105 Å². The normalized spacial score (nSPS) is 10.1. The molecule has 0 saturated carbocycles. The highest BCUT2D eigenvalue weighted by Crippen LogP contribution is 2.26. The number of pyridine rings is 1. The Kier molecular flexibility index (Phi) is 3.56. The minimum absolute atomic E-state index is 0.100. The number of rotatable bonds is 4. The van der Waals surface area contributed by atoms with Crippen LogP contribution in [0.3, 0.4) is 0 Å². The maximum absolute atomic E-state index is 13.7. The maximum Gasteiger partial charge on any atom is 0.335 e. The van der Waals surface area contributed by atoms with Gasteiger partial charge in [-0.1, -0.05) is 0 Å². The fourth-order valence-corrected chi connectivity index (χ4v) is 1.52. The third kappa shape index (κ3) is 2.69. The van der Waals surface area contributed by atoms with Crippen molar-refractivity contribution in [2.75, 3.05) is 5.32 Å². The van der Waals surface area contributed by atoms with E-state index in [4.69, 9.17) is 5.11 Å². The summed E-state index contributed by atoms with van der Waals surface area (Å²) in [7, 11) is 0. The molecule has 0 unspecified atom stereocenters. The van der Waals surface area contributed by atoms with Gasteiger partial charge in [-0.05, 0) is 24.3 Å². The van der Waals surface area contributed by atoms with E-state index < -0.39 is 16.7 Å². The van der Waals surface area contributed by atoms with Crippen molar-refractivity contribution in [2.24, 2.45) is 0 Å². The van der Waals surface area contributed by atoms with Crippen LogP contribution in [-0.2, 0) is 0 Å². The molecule has 0 aliphatic heterocycles. The summed E-state index contributed by atoms with van der Waals surface area (Å²) in [5, 5.41) is 22.0. The van der Waals surface area contributed by atoms with E-state index in [9.17, 15) is 19.3 Å². The summed E-state index contributed by atoms with van der Waals surface area (Å²) in [5.74, 6) is -2.23. The fourth-order valence-electron chi connectivity index (χ4n) is 1.52. The van der Waals surface area contributed by atoms with E-state index in [0.717, 1.165) is 6.07 Å². The van der Waals surface area contributed by atoms with Gasteiger partial charge in [0.1, 0.15) is 5.82 Å². The molecule has 1 aromatic carbocycles. The first-order valence-electron chi connectivity index (χ1n) is 5.38. The average Bonchev–Trinajstić information content (AvgIpc) is 2.41. The van der Waals surface area contributed by atoms with Crippen molar-refractivity contribution in [1.82, 2.24) is 4.98 Å². The van der Waals surface area contributed by atoms with E-state index in [0.29, 0.717) is 0 Å². The number of carboxylic acids is 1. The zero-order chi connectivity index (χ0) is 14.7. The smallest absolute Gasteiger partial charge is 0.335 e. The van der Waals surface area contributed by atoms with Crippen LogP contribution < -0.4 is 5.32 Å². The largest absolute Gasteiger partial charge is 0.478 e. The number of aromatic nitrogens is 1. The third-order valence-electron chi connectivity index (χ3n) is 2.45. The lowest BCUT2D eigenvalue weighted by Crippen LogP contribution is -2.02. The third-order valence-corrected chi connectivity index (χ3v) is 2.45. The van der Waals surface area contributed by atoms with E-state index in [1.54, 1.807) is 0 Å². The molecule has 0 atom stereocenters. The Balaban J connectivity index is 2.36. The van der Waals surface area contributed by atoms with Crippen LogP contribution >= 0.6 is 0 Å². The second kappa shape index (κ2) is 5.31. The van der Waals surface area contributed by atoms with Gasteiger partial charge in [-0.15, -0.1) is 0 Å². The molecule has 20 heavy (non-hydrogen) atoms. The van der Waals surface area contributed by atoms with Gasteiger partial charge >= 0.3 is 11.7 Å². The number of nitro groups is 1. The van der Waals surface area contributed by atoms with Gasteiger partial charge in [0.25, 0.3) is 0 Å². The monoisotopic (exact) mass is 277 g/mol. The molecule has 102 valence electrons. The average molecular weight is 277 g/mol. The zero-order valence-electron chi connectivity index (χ0n) is 9.91. The number of hydrogen-bond acceptors (Lipinski definition) is 5. The number of carboxylic acid groups (broad SMARTS) is 1. The number of benzene rings is 1. The highest BCUT2D eigenvalue weighted by molar-refractivity contribution is 5.88. The predicted molar refractivity (Wildman–Crippen MR) is 67.5 cm³/mol. The first kappa shape index (κ1) is 13.4. The Bertz CT molecular complexity index is 690. The van der Waals surface area contributed by atoms with Gasteiger partial charge in [-0.3, -0.25) is 10.1 Å². The van der Waals surface area contributed by atoms with Crippen molar-refractivity contribution < 1.29 is 19.2 Å². The molecule has 7 nitrogen and oxygen atoms in total. The molecule has 1 heterocycles. The Hall–Kier alpha value is -3.03. The lowest BCUT2D eigenvalue weighted by Gasteiger charge is -2.07. The quantitative estimate of drug-likeness (QED) is 0.657. The van der Waals surface area contributed by atoms with Crippen LogP contribution in [0, 0.1) is 15.9 Å². The Morgan fingerprint density at radius 3 is 2.75 bits per heavy atom. The predicted octanol–water partition coefficient (Wildman–Crippen LogP) is 2.57. The molecule has 1 aromatic heterocycles. The van der Waals surface area contributed by atoms with Crippen molar-refractivity contribution in [3.8, 4) is 0 Å². The highest BCUT2D eigenvalue weighted by Gasteiger charge is 2.16. The number of carbonyl (C=O) groups is 1. The van der Waals surface area contributed by atoms with Crippen LogP contribution in [0.2, 0.25) is 0 Å². The molecule has 0 radical (unpaired) electrons. The Morgan fingerprint density at radius 1 is 1.40 bits per heavy atom. The number of aromatic carboxylic acids is 1. The minimum Gasteiger partial charge on any atom is -0.478 e. The second-order valence-electron chi connectivity index (χ2n) is 3.75. The van der Waals surface area contributed by atoms with Crippen LogP contribution in [0.1, 0.15) is 10.4 Å². The highest BCUT2D eigenvalue weighted by atomic mass is 19.1. The van der Waals surface area contributed by atoms with Gasteiger partial charge in [0.15, 0.2) is 0 Å². The van der Waals surface area contributed by atoms with Crippen LogP contribution in [-0.4, -0.2) is 21.0 Å². The molecule has 8 heteroatoms. The van der Waals surface area contributed by atoms with E-state index in [1.165, 1.54) is 30.5 Å². The number of nitrogens with one attached hydrogen (secondary N) is 1. The van der Waals surface area contributed by atoms with Crippen molar-refractivity contribution >= 4 is 23.2 Å². The van der Waals surface area contributed by atoms with Gasteiger partial charge in [-0.2, -0.15) is 0 Å². The van der Waals surface area contributed by atoms with E-state index in [-0.39, 0.29) is 22.8 Å². The number of halogens is 1. The van der Waals surface area contributed by atoms with Crippen LogP contribution in [0.25, 0.3) is 0 Å². The molecule has 0 fully saturated rings. The van der Waals surface area contributed by atoms with E-state index in [2.05, 4.69) is 10.3 Å². The van der Waals surface area contributed by atoms with E-state index in [1.807, 2.05) is 0 Å². The summed E-state index contributed by atoms with van der Waals surface area (Å²) in [6.07, 6.45) is 1.32. The fraction of sp³-hybridized carbons (Fsp3) is 0. The van der Waals surface area contributed by atoms with Crippen molar-refractivity contribution in [3.05, 3.63) is 58.0 Å². The van der Waals surface area contributed by atoms with Crippen LogP contribution in [0.4, 0.5) is 21.6 Å². The number of hydrogen-bond donors (Lipinski definition) is 2. The summed E-state index contributed by atoms with van der Waals surface area (Å²) >= 11 is 0. The van der Waals surface area contributed by atoms with Crippen molar-refractivity contribution in [2.45, 2.75) is 0 Å². The summed E-state index contributed by atoms with van der Waals surface area (Å²) in [4.78, 5) is 24.6. The first-order chi connectivity index (χ1) is 9.49. The van der Waals surface area contributed by atoms with Crippen molar-refractivity contribution in [3.63, 3.8) is 0 Å². The molecule has 2 rings (SSSR count). The molecule has 0 bridgehead atoms. The Morgan fingerprint density at radius 2 is 2.15 bits per heavy atom. The molecular formula is C12H8FN3O4. The maximum atomic E-state index is 13.7. The SMILES string of the molecule is O=C(O)c1ccc(Nc2ncccc2[N+](=O)[O-])c(F)c1. The zero-order valence-corrected chi connectivity index (χ0v) is 9.91. The Labute approximate surface area is 111 Å². The standard InChI is InChI=1S/C12H8FN3O4/c13-8-6-7(12(17)18)3-4-9(8)15-11-10(16(19)20)2-1-5-14-11/h1-6H,(H,14,15)(H,17,18). The molecule has 2 N–H and O–H groups in total. The van der Waals surface area contributed by atoms with Gasteiger partial charge in [-0.25, -0.2) is 14.2 Å². The number of anilines is 2.